The molecular weight excluding hydrogens is 274 g/mol. The molecule has 8 nitrogen and oxygen atoms in total. The van der Waals surface area contributed by atoms with Gasteiger partial charge in [0.25, 0.3) is 0 Å². The number of nitrogens with one attached hydrogen (secondary N) is 2. The van der Waals surface area contributed by atoms with Gasteiger partial charge < -0.3 is 24.7 Å². The molecule has 1 unspecified atom stereocenters. The quantitative estimate of drug-likeness (QED) is 0.758. The summed E-state index contributed by atoms with van der Waals surface area (Å²) < 4.78 is 11.0. The third-order valence-electron chi connectivity index (χ3n) is 3.09. The maximum absolute atomic E-state index is 12.2. The molecule has 2 rings (SSSR count). The lowest BCUT2D eigenvalue weighted by atomic mass is 10.2. The van der Waals surface area contributed by atoms with Crippen molar-refractivity contribution >= 4 is 11.9 Å². The Kier molecular flexibility index (Phi) is 5.51. The van der Waals surface area contributed by atoms with Crippen molar-refractivity contribution in [3.05, 3.63) is 5.89 Å². The Labute approximate surface area is 124 Å². The molecule has 1 aliphatic heterocycles. The first-order valence-corrected chi connectivity index (χ1v) is 7.29. The van der Waals surface area contributed by atoms with Crippen LogP contribution in [-0.4, -0.2) is 54.5 Å². The minimum atomic E-state index is -0.436. The van der Waals surface area contributed by atoms with Crippen molar-refractivity contribution < 1.29 is 13.9 Å². The summed E-state index contributed by atoms with van der Waals surface area (Å²) in [5.74, 6) is 0.428. The minimum Gasteiger partial charge on any atom is -0.407 e. The number of morpholine rings is 1. The van der Waals surface area contributed by atoms with Crippen molar-refractivity contribution in [2.45, 2.75) is 39.4 Å². The number of aromatic nitrogens is 2. The first kappa shape index (κ1) is 15.7. The van der Waals surface area contributed by atoms with E-state index in [1.54, 1.807) is 0 Å². The Morgan fingerprint density at radius 1 is 1.48 bits per heavy atom. The second-order valence-corrected chi connectivity index (χ2v) is 5.21. The molecule has 1 aromatic heterocycles. The van der Waals surface area contributed by atoms with E-state index in [2.05, 4.69) is 20.8 Å². The summed E-state index contributed by atoms with van der Waals surface area (Å²) in [6, 6.07) is 0.0111. The summed E-state index contributed by atoms with van der Waals surface area (Å²) in [6.07, 6.45) is 0. The molecule has 8 heteroatoms. The van der Waals surface area contributed by atoms with Gasteiger partial charge in [0, 0.05) is 12.6 Å². The normalized spacial score (nSPS) is 19.0. The molecule has 1 aromatic rings. The van der Waals surface area contributed by atoms with Gasteiger partial charge >= 0.3 is 6.01 Å². The molecule has 1 aliphatic rings. The van der Waals surface area contributed by atoms with Crippen LogP contribution >= 0.6 is 0 Å². The highest BCUT2D eigenvalue weighted by molar-refractivity contribution is 5.85. The van der Waals surface area contributed by atoms with Crippen LogP contribution in [0.3, 0.4) is 0 Å². The van der Waals surface area contributed by atoms with E-state index in [0.29, 0.717) is 38.2 Å². The highest BCUT2D eigenvalue weighted by Gasteiger charge is 2.33. The predicted octanol–water partition coefficient (Wildman–Crippen LogP) is -0.0911. The van der Waals surface area contributed by atoms with Crippen molar-refractivity contribution in [1.29, 1.82) is 0 Å². The Morgan fingerprint density at radius 2 is 2.29 bits per heavy atom. The number of hydrogen-bond donors (Lipinski definition) is 2. The van der Waals surface area contributed by atoms with Gasteiger partial charge in [0.05, 0.1) is 19.8 Å². The van der Waals surface area contributed by atoms with Crippen LogP contribution in [0.1, 0.15) is 26.7 Å². The molecule has 0 spiro atoms. The molecule has 0 saturated carbocycles. The number of ether oxygens (including phenoxy) is 1. The zero-order chi connectivity index (χ0) is 15.2. The van der Waals surface area contributed by atoms with Crippen LogP contribution in [0.15, 0.2) is 4.42 Å². The van der Waals surface area contributed by atoms with Crippen molar-refractivity contribution in [2.75, 3.05) is 31.2 Å². The van der Waals surface area contributed by atoms with Crippen LogP contribution in [0, 0.1) is 0 Å². The number of carbonyl (C=O) groups excluding carboxylic acids is 1. The molecule has 0 bridgehead atoms. The van der Waals surface area contributed by atoms with Gasteiger partial charge in [-0.05, 0) is 20.4 Å². The Balaban J connectivity index is 2.07. The maximum Gasteiger partial charge on any atom is 0.319 e. The number of hydrogen-bond acceptors (Lipinski definition) is 7. The zero-order valence-electron chi connectivity index (χ0n) is 12.8. The molecule has 0 aromatic carbocycles. The van der Waals surface area contributed by atoms with E-state index < -0.39 is 6.04 Å². The van der Waals surface area contributed by atoms with E-state index in [0.717, 1.165) is 6.54 Å². The lowest BCUT2D eigenvalue weighted by Gasteiger charge is -2.33. The van der Waals surface area contributed by atoms with Crippen molar-refractivity contribution in [3.8, 4) is 0 Å². The number of rotatable bonds is 6. The minimum absolute atomic E-state index is 0.0771. The molecule has 0 aliphatic carbocycles. The van der Waals surface area contributed by atoms with Crippen LogP contribution in [0.2, 0.25) is 0 Å². The second kappa shape index (κ2) is 7.37. The van der Waals surface area contributed by atoms with Crippen LogP contribution in [0.4, 0.5) is 6.01 Å². The van der Waals surface area contributed by atoms with Crippen LogP contribution in [0.25, 0.3) is 0 Å². The third-order valence-corrected chi connectivity index (χ3v) is 3.09. The first-order chi connectivity index (χ1) is 10.1. The molecule has 0 radical (unpaired) electrons. The van der Waals surface area contributed by atoms with E-state index in [9.17, 15) is 4.79 Å². The number of nitrogens with zero attached hydrogens (tertiary/aromatic N) is 3. The average Bonchev–Trinajstić information content (AvgIpc) is 2.93. The van der Waals surface area contributed by atoms with E-state index in [1.807, 2.05) is 25.7 Å². The van der Waals surface area contributed by atoms with Gasteiger partial charge in [0.15, 0.2) is 0 Å². The fourth-order valence-corrected chi connectivity index (χ4v) is 2.09. The SMILES string of the molecule is CCNCc1nnc(N2CCOCC2C(=O)NC(C)C)o1. The van der Waals surface area contributed by atoms with Gasteiger partial charge in [-0.15, -0.1) is 5.10 Å². The number of anilines is 1. The van der Waals surface area contributed by atoms with Crippen LogP contribution in [-0.2, 0) is 16.1 Å². The first-order valence-electron chi connectivity index (χ1n) is 7.29. The molecule has 1 fully saturated rings. The highest BCUT2D eigenvalue weighted by Crippen LogP contribution is 2.18. The standard InChI is InChI=1S/C13H23N5O3/c1-4-14-7-11-16-17-13(21-11)18-5-6-20-8-10(18)12(19)15-9(2)3/h9-10,14H,4-8H2,1-3H3,(H,15,19). The smallest absolute Gasteiger partial charge is 0.319 e. The van der Waals surface area contributed by atoms with Crippen molar-refractivity contribution in [3.63, 3.8) is 0 Å². The molecule has 1 atom stereocenters. The topological polar surface area (TPSA) is 92.5 Å². The van der Waals surface area contributed by atoms with Crippen LogP contribution < -0.4 is 15.5 Å². The lowest BCUT2D eigenvalue weighted by Crippen LogP contribution is -2.55. The highest BCUT2D eigenvalue weighted by atomic mass is 16.5. The van der Waals surface area contributed by atoms with E-state index in [1.165, 1.54) is 0 Å². The zero-order valence-corrected chi connectivity index (χ0v) is 12.8. The Morgan fingerprint density at radius 3 is 3.00 bits per heavy atom. The monoisotopic (exact) mass is 297 g/mol. The van der Waals surface area contributed by atoms with Gasteiger partial charge in [-0.3, -0.25) is 4.79 Å². The fourth-order valence-electron chi connectivity index (χ4n) is 2.09. The summed E-state index contributed by atoms with van der Waals surface area (Å²) in [5, 5.41) is 14.0. The molecule has 21 heavy (non-hydrogen) atoms. The molecule has 1 amide bonds. The van der Waals surface area contributed by atoms with Gasteiger partial charge in [0.1, 0.15) is 6.04 Å². The fraction of sp³-hybridized carbons (Fsp3) is 0.769. The lowest BCUT2D eigenvalue weighted by molar-refractivity contribution is -0.125. The summed E-state index contributed by atoms with van der Waals surface area (Å²) >= 11 is 0. The van der Waals surface area contributed by atoms with Gasteiger partial charge in [0.2, 0.25) is 11.8 Å². The summed E-state index contributed by atoms with van der Waals surface area (Å²) in [6.45, 7) is 8.62. The summed E-state index contributed by atoms with van der Waals surface area (Å²) in [4.78, 5) is 14.0. The second-order valence-electron chi connectivity index (χ2n) is 5.21. The molecule has 118 valence electrons. The third kappa shape index (κ3) is 4.15. The van der Waals surface area contributed by atoms with Crippen molar-refractivity contribution in [1.82, 2.24) is 20.8 Å². The Hall–Kier alpha value is -1.67. The summed E-state index contributed by atoms with van der Waals surface area (Å²) in [5.41, 5.74) is 0. The molecule has 2 N–H and O–H groups in total. The van der Waals surface area contributed by atoms with Gasteiger partial charge in [-0.2, -0.15) is 0 Å². The van der Waals surface area contributed by atoms with Gasteiger partial charge in [-0.1, -0.05) is 12.0 Å². The molecular formula is C13H23N5O3. The van der Waals surface area contributed by atoms with Gasteiger partial charge in [-0.25, -0.2) is 0 Å². The van der Waals surface area contributed by atoms with E-state index in [4.69, 9.17) is 9.15 Å². The largest absolute Gasteiger partial charge is 0.407 e. The van der Waals surface area contributed by atoms with Crippen LogP contribution in [0.5, 0.6) is 0 Å². The average molecular weight is 297 g/mol. The summed E-state index contributed by atoms with van der Waals surface area (Å²) in [7, 11) is 0. The number of carbonyl (C=O) groups is 1. The van der Waals surface area contributed by atoms with E-state index in [-0.39, 0.29) is 11.9 Å². The molecule has 1 saturated heterocycles. The predicted molar refractivity (Wildman–Crippen MR) is 76.9 cm³/mol. The Bertz CT molecular complexity index is 462. The maximum atomic E-state index is 12.2. The van der Waals surface area contributed by atoms with Crippen molar-refractivity contribution in [2.24, 2.45) is 0 Å². The number of amides is 1. The van der Waals surface area contributed by atoms with E-state index >= 15 is 0 Å². The molecule has 2 heterocycles.